The summed E-state index contributed by atoms with van der Waals surface area (Å²) in [5.74, 6) is -0.106. The highest BCUT2D eigenvalue weighted by Crippen LogP contribution is 2.04. The van der Waals surface area contributed by atoms with Crippen LogP contribution in [-0.2, 0) is 4.79 Å². The molecule has 1 N–H and O–H groups in total. The second kappa shape index (κ2) is 6.13. The van der Waals surface area contributed by atoms with E-state index in [1.807, 2.05) is 18.2 Å². The summed E-state index contributed by atoms with van der Waals surface area (Å²) in [4.78, 5) is 20.5. The Bertz CT molecular complexity index is 400. The van der Waals surface area contributed by atoms with E-state index < -0.39 is 0 Å². The Morgan fingerprint density at radius 2 is 2.00 bits per heavy atom. The van der Waals surface area contributed by atoms with Crippen LogP contribution in [0.15, 0.2) is 29.4 Å². The highest BCUT2D eigenvalue weighted by molar-refractivity contribution is 6.44. The Morgan fingerprint density at radius 1 is 1.12 bits per heavy atom. The number of nitrogens with one attached hydrogen (secondary N) is 1. The van der Waals surface area contributed by atoms with E-state index in [0.717, 1.165) is 25.8 Å². The van der Waals surface area contributed by atoms with Gasteiger partial charge in [-0.2, -0.15) is 0 Å². The predicted octanol–water partition coefficient (Wildman–Crippen LogP) is 1.56. The molecule has 1 aliphatic rings. The molecule has 4 heteroatoms. The van der Waals surface area contributed by atoms with Crippen LogP contribution in [0, 0.1) is 0 Å². The minimum Gasteiger partial charge on any atom is -0.351 e. The highest BCUT2D eigenvalue weighted by atomic mass is 16.1. The first-order chi connectivity index (χ1) is 8.38. The molecular formula is C13H17N3O. The molecule has 1 aromatic heterocycles. The quantitative estimate of drug-likeness (QED) is 0.797. The van der Waals surface area contributed by atoms with Gasteiger partial charge in [0, 0.05) is 19.3 Å². The minimum absolute atomic E-state index is 0.106. The molecule has 0 bridgehead atoms. The van der Waals surface area contributed by atoms with Gasteiger partial charge in [-0.15, -0.1) is 0 Å². The van der Waals surface area contributed by atoms with Gasteiger partial charge in [0.2, 0.25) is 0 Å². The molecule has 1 aliphatic heterocycles. The van der Waals surface area contributed by atoms with Gasteiger partial charge in [0.25, 0.3) is 5.91 Å². The molecule has 0 aliphatic carbocycles. The van der Waals surface area contributed by atoms with E-state index in [-0.39, 0.29) is 5.91 Å². The number of hydrogen-bond acceptors (Lipinski definition) is 3. The van der Waals surface area contributed by atoms with Gasteiger partial charge in [0.05, 0.1) is 5.69 Å². The van der Waals surface area contributed by atoms with Crippen LogP contribution in [-0.4, -0.2) is 29.7 Å². The molecule has 0 saturated heterocycles. The number of pyridine rings is 1. The smallest absolute Gasteiger partial charge is 0.271 e. The second-order valence-electron chi connectivity index (χ2n) is 4.12. The van der Waals surface area contributed by atoms with E-state index in [9.17, 15) is 4.79 Å². The summed E-state index contributed by atoms with van der Waals surface area (Å²) in [5, 5.41) is 2.89. The first kappa shape index (κ1) is 11.8. The van der Waals surface area contributed by atoms with Crippen molar-refractivity contribution in [3.63, 3.8) is 0 Å². The van der Waals surface area contributed by atoms with Crippen molar-refractivity contribution in [2.24, 2.45) is 4.99 Å². The standard InChI is InChI=1S/C13H17N3O/c17-13-12(11-7-3-6-8-14-11)15-9-4-1-2-5-10-16-13/h3,6-8H,1-2,4-5,9-10H2,(H,16,17). The van der Waals surface area contributed by atoms with Gasteiger partial charge < -0.3 is 5.32 Å². The van der Waals surface area contributed by atoms with Crippen molar-refractivity contribution in [2.45, 2.75) is 25.7 Å². The van der Waals surface area contributed by atoms with Crippen molar-refractivity contribution < 1.29 is 4.79 Å². The zero-order chi connectivity index (χ0) is 11.9. The fourth-order valence-corrected chi connectivity index (χ4v) is 1.84. The first-order valence-electron chi connectivity index (χ1n) is 6.12. The molecule has 1 amide bonds. The summed E-state index contributed by atoms with van der Waals surface area (Å²) < 4.78 is 0. The highest BCUT2D eigenvalue weighted by Gasteiger charge is 2.14. The maximum Gasteiger partial charge on any atom is 0.271 e. The van der Waals surface area contributed by atoms with Crippen LogP contribution in [0.2, 0.25) is 0 Å². The van der Waals surface area contributed by atoms with Crippen molar-refractivity contribution in [3.8, 4) is 0 Å². The molecule has 2 heterocycles. The van der Waals surface area contributed by atoms with Gasteiger partial charge in [-0.1, -0.05) is 18.9 Å². The van der Waals surface area contributed by atoms with Gasteiger partial charge in [-0.05, 0) is 25.0 Å². The van der Waals surface area contributed by atoms with E-state index in [1.165, 1.54) is 6.42 Å². The maximum absolute atomic E-state index is 12.0. The number of nitrogens with zero attached hydrogens (tertiary/aromatic N) is 2. The second-order valence-corrected chi connectivity index (χ2v) is 4.12. The van der Waals surface area contributed by atoms with E-state index in [2.05, 4.69) is 15.3 Å². The molecule has 0 spiro atoms. The Morgan fingerprint density at radius 3 is 2.82 bits per heavy atom. The monoisotopic (exact) mass is 231 g/mol. The zero-order valence-electron chi connectivity index (χ0n) is 9.85. The van der Waals surface area contributed by atoms with Gasteiger partial charge in [-0.3, -0.25) is 14.8 Å². The van der Waals surface area contributed by atoms with Crippen molar-refractivity contribution in [1.29, 1.82) is 0 Å². The predicted molar refractivity (Wildman–Crippen MR) is 67.1 cm³/mol. The van der Waals surface area contributed by atoms with Crippen molar-refractivity contribution in [1.82, 2.24) is 10.3 Å². The summed E-state index contributed by atoms with van der Waals surface area (Å²) >= 11 is 0. The van der Waals surface area contributed by atoms with E-state index in [1.54, 1.807) is 6.20 Å². The van der Waals surface area contributed by atoms with Crippen molar-refractivity contribution in [2.75, 3.05) is 13.1 Å². The summed E-state index contributed by atoms with van der Waals surface area (Å²) in [6.45, 7) is 1.43. The Balaban J connectivity index is 2.20. The summed E-state index contributed by atoms with van der Waals surface area (Å²) in [6, 6.07) is 5.53. The number of amides is 1. The average Bonchev–Trinajstić information content (AvgIpc) is 2.38. The van der Waals surface area contributed by atoms with Crippen LogP contribution in [0.25, 0.3) is 0 Å². The van der Waals surface area contributed by atoms with Gasteiger partial charge in [0.15, 0.2) is 0 Å². The lowest BCUT2D eigenvalue weighted by molar-refractivity contribution is -0.114. The van der Waals surface area contributed by atoms with Gasteiger partial charge in [0.1, 0.15) is 5.71 Å². The van der Waals surface area contributed by atoms with Crippen LogP contribution in [0.1, 0.15) is 31.4 Å². The molecule has 2 rings (SSSR count). The third kappa shape index (κ3) is 3.37. The largest absolute Gasteiger partial charge is 0.351 e. The number of aromatic nitrogens is 1. The van der Waals surface area contributed by atoms with Crippen molar-refractivity contribution >= 4 is 11.6 Å². The fourth-order valence-electron chi connectivity index (χ4n) is 1.84. The lowest BCUT2D eigenvalue weighted by Gasteiger charge is -2.10. The molecule has 0 saturated carbocycles. The number of carbonyl (C=O) groups is 1. The van der Waals surface area contributed by atoms with Gasteiger partial charge >= 0.3 is 0 Å². The topological polar surface area (TPSA) is 54.4 Å². The van der Waals surface area contributed by atoms with Crippen LogP contribution in [0.4, 0.5) is 0 Å². The number of aliphatic imine (C=N–C) groups is 1. The van der Waals surface area contributed by atoms with Crippen molar-refractivity contribution in [3.05, 3.63) is 30.1 Å². The lowest BCUT2D eigenvalue weighted by atomic mass is 10.1. The normalized spacial score (nSPS) is 18.1. The third-order valence-electron chi connectivity index (χ3n) is 2.76. The molecule has 90 valence electrons. The number of rotatable bonds is 1. The molecule has 0 fully saturated rings. The van der Waals surface area contributed by atoms with E-state index >= 15 is 0 Å². The third-order valence-corrected chi connectivity index (χ3v) is 2.76. The van der Waals surface area contributed by atoms with Gasteiger partial charge in [-0.25, -0.2) is 0 Å². The molecule has 0 aromatic carbocycles. The van der Waals surface area contributed by atoms with Crippen LogP contribution < -0.4 is 5.32 Å². The zero-order valence-corrected chi connectivity index (χ0v) is 9.85. The molecule has 0 unspecified atom stereocenters. The molecular weight excluding hydrogens is 214 g/mol. The molecule has 1 aromatic rings. The summed E-state index contributed by atoms with van der Waals surface area (Å²) in [6.07, 6.45) is 6.11. The average molecular weight is 231 g/mol. The number of hydrogen-bond donors (Lipinski definition) is 1. The summed E-state index contributed by atoms with van der Waals surface area (Å²) in [7, 11) is 0. The Hall–Kier alpha value is -1.71. The SMILES string of the molecule is O=C1NCCCCCCN=C1c1ccccn1. The molecule has 4 nitrogen and oxygen atoms in total. The van der Waals surface area contributed by atoms with Crippen LogP contribution in [0.5, 0.6) is 0 Å². The van der Waals surface area contributed by atoms with E-state index in [0.29, 0.717) is 18.0 Å². The molecule has 0 radical (unpaired) electrons. The fraction of sp³-hybridized carbons (Fsp3) is 0.462. The number of carbonyl (C=O) groups excluding carboxylic acids is 1. The molecule has 17 heavy (non-hydrogen) atoms. The Labute approximate surface area is 101 Å². The first-order valence-corrected chi connectivity index (χ1v) is 6.12. The van der Waals surface area contributed by atoms with Crippen LogP contribution >= 0.6 is 0 Å². The lowest BCUT2D eigenvalue weighted by Crippen LogP contribution is -2.33. The van der Waals surface area contributed by atoms with E-state index in [4.69, 9.17) is 0 Å². The summed E-state index contributed by atoms with van der Waals surface area (Å²) in [5.41, 5.74) is 1.12. The molecule has 0 atom stereocenters. The Kier molecular flexibility index (Phi) is 4.24. The van der Waals surface area contributed by atoms with Crippen LogP contribution in [0.3, 0.4) is 0 Å². The minimum atomic E-state index is -0.106. The maximum atomic E-state index is 12.0.